The lowest BCUT2D eigenvalue weighted by molar-refractivity contribution is 0.0812. The van der Waals surface area contributed by atoms with Crippen molar-refractivity contribution in [3.05, 3.63) is 18.0 Å². The smallest absolute Gasteiger partial charge is 0.272 e. The molecule has 0 aliphatic carbocycles. The average Bonchev–Trinajstić information content (AvgIpc) is 2.84. The maximum absolute atomic E-state index is 12.0. The van der Waals surface area contributed by atoms with Crippen molar-refractivity contribution in [3.63, 3.8) is 0 Å². The molecule has 21 heavy (non-hydrogen) atoms. The second-order valence-electron chi connectivity index (χ2n) is 4.88. The Morgan fingerprint density at radius 3 is 2.81 bits per heavy atom. The summed E-state index contributed by atoms with van der Waals surface area (Å²) in [6.07, 6.45) is 1.60. The molecule has 2 unspecified atom stereocenters. The van der Waals surface area contributed by atoms with Gasteiger partial charge in [-0.25, -0.2) is 4.21 Å². The summed E-state index contributed by atoms with van der Waals surface area (Å²) in [5.74, 6) is -0.488. The normalized spacial score (nSPS) is 19.6. The molecule has 2 atom stereocenters. The molecule has 1 amide bonds. The second-order valence-corrected chi connectivity index (χ2v) is 5.87. The standard InChI is InChI=1S/C12H19N3O5S/c1-8(2)20-6-5-15-9-3-4-14(7-16)10(9)11(17)13-12(15)21(18)19/h3-4,8,12,16H,5-7H2,1-2H3,(H,13,17)(H,18,19). The van der Waals surface area contributed by atoms with Crippen LogP contribution in [0.2, 0.25) is 0 Å². The van der Waals surface area contributed by atoms with Gasteiger partial charge in [0.15, 0.2) is 11.1 Å². The first-order chi connectivity index (χ1) is 9.95. The number of aliphatic hydroxyl groups excluding tert-OH is 1. The molecular weight excluding hydrogens is 298 g/mol. The number of amides is 1. The first-order valence-electron chi connectivity index (χ1n) is 6.54. The van der Waals surface area contributed by atoms with Crippen LogP contribution in [0.4, 0.5) is 5.69 Å². The van der Waals surface area contributed by atoms with Crippen molar-refractivity contribution in [2.75, 3.05) is 18.1 Å². The molecule has 1 aliphatic heterocycles. The van der Waals surface area contributed by atoms with E-state index in [1.807, 2.05) is 13.8 Å². The van der Waals surface area contributed by atoms with Crippen LogP contribution in [-0.2, 0) is 22.5 Å². The van der Waals surface area contributed by atoms with E-state index in [9.17, 15) is 18.7 Å². The van der Waals surface area contributed by atoms with Crippen LogP contribution in [0, 0.1) is 0 Å². The average molecular weight is 317 g/mol. The molecule has 8 nitrogen and oxygen atoms in total. The molecule has 0 bridgehead atoms. The Bertz CT molecular complexity index is 545. The van der Waals surface area contributed by atoms with Crippen molar-refractivity contribution < 1.29 is 23.4 Å². The van der Waals surface area contributed by atoms with E-state index in [-0.39, 0.29) is 18.5 Å². The Labute approximate surface area is 125 Å². The summed E-state index contributed by atoms with van der Waals surface area (Å²) in [7, 11) is 0. The summed E-state index contributed by atoms with van der Waals surface area (Å²) in [5, 5.41) is 11.7. The van der Waals surface area contributed by atoms with E-state index in [0.29, 0.717) is 18.8 Å². The molecule has 118 valence electrons. The molecule has 2 heterocycles. The Morgan fingerprint density at radius 1 is 1.52 bits per heavy atom. The number of carbonyl (C=O) groups is 1. The molecule has 2 rings (SSSR count). The predicted octanol–water partition coefficient (Wildman–Crippen LogP) is -0.0820. The zero-order chi connectivity index (χ0) is 15.6. The van der Waals surface area contributed by atoms with E-state index in [1.165, 1.54) is 4.57 Å². The topological polar surface area (TPSA) is 104 Å². The van der Waals surface area contributed by atoms with Gasteiger partial charge >= 0.3 is 0 Å². The number of carbonyl (C=O) groups excluding carboxylic acids is 1. The quantitative estimate of drug-likeness (QED) is 0.634. The van der Waals surface area contributed by atoms with Crippen LogP contribution in [-0.4, -0.2) is 49.1 Å². The Balaban J connectivity index is 2.28. The Hall–Kier alpha value is -1.42. The molecule has 0 saturated carbocycles. The number of fused-ring (bicyclic) bond motifs is 1. The summed E-state index contributed by atoms with van der Waals surface area (Å²) in [6.45, 7) is 4.15. The highest BCUT2D eigenvalue weighted by atomic mass is 32.2. The third-order valence-corrected chi connectivity index (χ3v) is 3.89. The molecule has 1 aliphatic rings. The van der Waals surface area contributed by atoms with Crippen LogP contribution in [0.15, 0.2) is 12.3 Å². The van der Waals surface area contributed by atoms with Gasteiger partial charge in [0.25, 0.3) is 5.91 Å². The van der Waals surface area contributed by atoms with Gasteiger partial charge in [-0.2, -0.15) is 0 Å². The molecule has 0 radical (unpaired) electrons. The number of ether oxygens (including phenoxy) is 1. The number of hydrogen-bond donors (Lipinski definition) is 3. The highest BCUT2D eigenvalue weighted by Gasteiger charge is 2.36. The monoisotopic (exact) mass is 317 g/mol. The molecule has 9 heteroatoms. The van der Waals surface area contributed by atoms with Crippen LogP contribution >= 0.6 is 0 Å². The highest BCUT2D eigenvalue weighted by Crippen LogP contribution is 2.28. The van der Waals surface area contributed by atoms with Crippen LogP contribution in [0.3, 0.4) is 0 Å². The summed E-state index contributed by atoms with van der Waals surface area (Å²) >= 11 is -2.25. The van der Waals surface area contributed by atoms with E-state index >= 15 is 0 Å². The molecule has 0 spiro atoms. The summed E-state index contributed by atoms with van der Waals surface area (Å²) < 4.78 is 27.7. The maximum atomic E-state index is 12.0. The molecule has 1 aromatic rings. The number of hydrogen-bond acceptors (Lipinski definition) is 5. The predicted molar refractivity (Wildman–Crippen MR) is 77.1 cm³/mol. The lowest BCUT2D eigenvalue weighted by Gasteiger charge is -2.35. The van der Waals surface area contributed by atoms with Gasteiger partial charge in [-0.05, 0) is 19.9 Å². The fourth-order valence-electron chi connectivity index (χ4n) is 2.23. The van der Waals surface area contributed by atoms with Crippen LogP contribution in [0.5, 0.6) is 0 Å². The van der Waals surface area contributed by atoms with E-state index in [4.69, 9.17) is 4.74 Å². The number of nitrogens with one attached hydrogen (secondary N) is 1. The van der Waals surface area contributed by atoms with Crippen molar-refractivity contribution >= 4 is 22.7 Å². The molecule has 0 aromatic carbocycles. The highest BCUT2D eigenvalue weighted by molar-refractivity contribution is 7.80. The Morgan fingerprint density at radius 2 is 2.24 bits per heavy atom. The SMILES string of the molecule is CC(C)OCCN1c2ccn(CO)c2C(=O)NC1S(=O)O. The third-order valence-electron chi connectivity index (χ3n) is 3.13. The zero-order valence-corrected chi connectivity index (χ0v) is 12.7. The lowest BCUT2D eigenvalue weighted by atomic mass is 10.2. The third kappa shape index (κ3) is 3.26. The van der Waals surface area contributed by atoms with Crippen molar-refractivity contribution in [1.82, 2.24) is 9.88 Å². The molecule has 0 fully saturated rings. The summed E-state index contributed by atoms with van der Waals surface area (Å²) in [6, 6.07) is 1.64. The Kier molecular flexibility index (Phi) is 4.99. The molecule has 0 saturated heterocycles. The maximum Gasteiger partial charge on any atom is 0.272 e. The van der Waals surface area contributed by atoms with Crippen LogP contribution < -0.4 is 10.2 Å². The second kappa shape index (κ2) is 6.56. The number of aromatic nitrogens is 1. The number of aliphatic hydroxyl groups is 1. The van der Waals surface area contributed by atoms with Gasteiger partial charge < -0.3 is 29.2 Å². The molecule has 1 aromatic heterocycles. The van der Waals surface area contributed by atoms with E-state index < -0.39 is 22.5 Å². The van der Waals surface area contributed by atoms with Gasteiger partial charge in [0.2, 0.25) is 5.50 Å². The number of nitrogens with zero attached hydrogens (tertiary/aromatic N) is 2. The van der Waals surface area contributed by atoms with Crippen molar-refractivity contribution in [2.24, 2.45) is 0 Å². The minimum atomic E-state index is -2.25. The minimum Gasteiger partial charge on any atom is -0.377 e. The zero-order valence-electron chi connectivity index (χ0n) is 11.9. The van der Waals surface area contributed by atoms with E-state index in [0.717, 1.165) is 0 Å². The number of anilines is 1. The van der Waals surface area contributed by atoms with E-state index in [2.05, 4.69) is 5.32 Å². The minimum absolute atomic E-state index is 0.0453. The van der Waals surface area contributed by atoms with Crippen LogP contribution in [0.1, 0.15) is 24.3 Å². The van der Waals surface area contributed by atoms with Gasteiger partial charge in [0.05, 0.1) is 18.4 Å². The number of rotatable bonds is 6. The first-order valence-corrected chi connectivity index (χ1v) is 7.71. The fraction of sp³-hybridized carbons (Fsp3) is 0.583. The van der Waals surface area contributed by atoms with Gasteiger partial charge in [-0.1, -0.05) is 0 Å². The van der Waals surface area contributed by atoms with Gasteiger partial charge in [0, 0.05) is 12.7 Å². The molecular formula is C12H19N3O5S. The summed E-state index contributed by atoms with van der Waals surface area (Å²) in [4.78, 5) is 13.6. The van der Waals surface area contributed by atoms with Gasteiger partial charge in [-0.3, -0.25) is 4.79 Å². The van der Waals surface area contributed by atoms with Crippen molar-refractivity contribution in [1.29, 1.82) is 0 Å². The van der Waals surface area contributed by atoms with Crippen molar-refractivity contribution in [2.45, 2.75) is 32.2 Å². The first kappa shape index (κ1) is 16.0. The van der Waals surface area contributed by atoms with E-state index in [1.54, 1.807) is 17.2 Å². The van der Waals surface area contributed by atoms with Crippen molar-refractivity contribution in [3.8, 4) is 0 Å². The molecule has 3 N–H and O–H groups in total. The lowest BCUT2D eigenvalue weighted by Crippen LogP contribution is -2.56. The van der Waals surface area contributed by atoms with Gasteiger partial charge in [0.1, 0.15) is 12.4 Å². The largest absolute Gasteiger partial charge is 0.377 e. The van der Waals surface area contributed by atoms with Crippen LogP contribution in [0.25, 0.3) is 0 Å². The summed E-state index contributed by atoms with van der Waals surface area (Å²) in [5.41, 5.74) is -0.258. The van der Waals surface area contributed by atoms with Gasteiger partial charge in [-0.15, -0.1) is 0 Å². The fourth-order valence-corrected chi connectivity index (χ4v) is 2.87.